The number of cyclic esters (lactones) is 1. The van der Waals surface area contributed by atoms with Crippen LogP contribution in [0.4, 0.5) is 0 Å². The third-order valence-corrected chi connectivity index (χ3v) is 11.9. The van der Waals surface area contributed by atoms with E-state index in [-0.39, 0.29) is 52.7 Å². The van der Waals surface area contributed by atoms with Gasteiger partial charge in [-0.2, -0.15) is 0 Å². The number of aliphatic hydroxyl groups excluding tert-OH is 1. The molecule has 7 heteroatoms. The number of hydrogen-bond acceptors (Lipinski definition) is 7. The van der Waals surface area contributed by atoms with Crippen LogP contribution in [0.5, 0.6) is 0 Å². The summed E-state index contributed by atoms with van der Waals surface area (Å²) in [6.45, 7) is 6.87. The fraction of sp³-hybridized carbons (Fsp3) is 0.867. The first kappa shape index (κ1) is 26.0. The Kier molecular flexibility index (Phi) is 6.42. The lowest BCUT2D eigenvalue weighted by Crippen LogP contribution is -2.64. The monoisotopic (exact) mass is 516 g/mol. The van der Waals surface area contributed by atoms with E-state index >= 15 is 0 Å². The van der Waals surface area contributed by atoms with Crippen LogP contribution in [0, 0.1) is 34.0 Å². The van der Waals surface area contributed by atoms with Gasteiger partial charge in [-0.05, 0) is 93.5 Å². The van der Waals surface area contributed by atoms with E-state index in [9.17, 15) is 14.7 Å². The van der Waals surface area contributed by atoms with Crippen molar-refractivity contribution in [2.24, 2.45) is 34.0 Å². The van der Waals surface area contributed by atoms with Gasteiger partial charge in [-0.25, -0.2) is 4.79 Å². The molecule has 0 aromatic heterocycles. The third-order valence-electron chi connectivity index (χ3n) is 11.9. The highest BCUT2D eigenvalue weighted by Crippen LogP contribution is 2.70. The van der Waals surface area contributed by atoms with E-state index in [1.165, 1.54) is 0 Å². The van der Waals surface area contributed by atoms with Gasteiger partial charge in [0.25, 0.3) is 0 Å². The molecule has 1 saturated heterocycles. The number of rotatable bonds is 4. The normalized spacial score (nSPS) is 51.6. The highest BCUT2D eigenvalue weighted by Gasteiger charge is 2.67. The van der Waals surface area contributed by atoms with Crippen molar-refractivity contribution in [1.29, 1.82) is 0 Å². The molecule has 7 nitrogen and oxygen atoms in total. The van der Waals surface area contributed by atoms with E-state index in [4.69, 9.17) is 18.9 Å². The molecule has 206 valence electrons. The molecule has 6 aliphatic rings. The molecular weight excluding hydrogens is 472 g/mol. The summed E-state index contributed by atoms with van der Waals surface area (Å²) in [4.78, 5) is 26.1. The smallest absolute Gasteiger partial charge is 0.331 e. The number of Topliss-reactive ketones (excluding diaryl/α,β-unsaturated/α-hetero) is 1. The number of carbonyl (C=O) groups is 2. The van der Waals surface area contributed by atoms with Crippen LogP contribution in [0.25, 0.3) is 0 Å². The highest BCUT2D eigenvalue weighted by molar-refractivity contribution is 5.93. The first-order valence-corrected chi connectivity index (χ1v) is 14.5. The Morgan fingerprint density at radius 1 is 1.03 bits per heavy atom. The van der Waals surface area contributed by atoms with Gasteiger partial charge in [-0.3, -0.25) is 4.79 Å². The van der Waals surface area contributed by atoms with E-state index in [1.54, 1.807) is 13.2 Å². The number of fused-ring (bicyclic) bond motifs is 3. The number of hydrogen-bond donors (Lipinski definition) is 1. The van der Waals surface area contributed by atoms with E-state index < -0.39 is 6.10 Å². The zero-order valence-corrected chi connectivity index (χ0v) is 22.9. The summed E-state index contributed by atoms with van der Waals surface area (Å²) >= 11 is 0. The SMILES string of the molecule is CO[C@@H]1C[C@H](O[C@@H]2CC[C@]3(C)[C@H](CC[C@@]45CC[C@@H](C6=CC(=O)OC6)[C@@](C)(CC[C@@H]43)C5=O)C2)O[C@@H](C)[C@H]1O. The summed E-state index contributed by atoms with van der Waals surface area (Å²) in [6, 6.07) is 0. The lowest BCUT2D eigenvalue weighted by atomic mass is 9.37. The largest absolute Gasteiger partial charge is 0.458 e. The molecule has 5 fully saturated rings. The fourth-order valence-corrected chi connectivity index (χ4v) is 9.85. The Bertz CT molecular complexity index is 977. The van der Waals surface area contributed by atoms with E-state index in [0.717, 1.165) is 63.4 Å². The second-order valence-corrected chi connectivity index (χ2v) is 13.5. The molecule has 0 amide bonds. The van der Waals surface area contributed by atoms with Crippen LogP contribution in [0.15, 0.2) is 11.6 Å². The standard InChI is InChI=1S/C30H44O7/c1-17-26(32)22(34-4)15-25(36-17)37-20-6-9-28(2)19(14-20)5-11-30-12-7-21(18-13-24(31)35-16-18)29(3,27(30)33)10-8-23(28)30/h13,17,19-23,25-26,32H,5-12,14-16H2,1-4H3/t17-,19+,20+,21-,22+,23+,25-,26+,28+,29+,30+/m0/s1. The quantitative estimate of drug-likeness (QED) is 0.439. The summed E-state index contributed by atoms with van der Waals surface area (Å²) < 4.78 is 23.2. The Morgan fingerprint density at radius 3 is 2.54 bits per heavy atom. The molecule has 1 spiro atoms. The number of esters is 1. The Hall–Kier alpha value is -1.28. The first-order valence-electron chi connectivity index (χ1n) is 14.5. The average Bonchev–Trinajstić information content (AvgIpc) is 3.29. The lowest BCUT2D eigenvalue weighted by molar-refractivity contribution is -0.272. The molecule has 11 atom stereocenters. The van der Waals surface area contributed by atoms with Crippen LogP contribution < -0.4 is 0 Å². The van der Waals surface area contributed by atoms with Gasteiger partial charge in [-0.15, -0.1) is 0 Å². The molecule has 2 aliphatic heterocycles. The van der Waals surface area contributed by atoms with Gasteiger partial charge in [-0.1, -0.05) is 13.8 Å². The number of carbonyl (C=O) groups excluding carboxylic acids is 2. The lowest BCUT2D eigenvalue weighted by Gasteiger charge is -2.66. The molecule has 4 aliphatic carbocycles. The van der Waals surface area contributed by atoms with Crippen molar-refractivity contribution in [3.05, 3.63) is 11.6 Å². The van der Waals surface area contributed by atoms with Crippen LogP contribution in [-0.2, 0) is 28.5 Å². The Morgan fingerprint density at radius 2 is 1.81 bits per heavy atom. The maximum atomic E-state index is 14.4. The second kappa shape index (κ2) is 9.14. The van der Waals surface area contributed by atoms with Crippen molar-refractivity contribution < 1.29 is 33.6 Å². The summed E-state index contributed by atoms with van der Waals surface area (Å²) in [5.41, 5.74) is 0.597. The van der Waals surface area contributed by atoms with Crippen molar-refractivity contribution in [3.63, 3.8) is 0 Å². The number of methoxy groups -OCH3 is 1. The van der Waals surface area contributed by atoms with E-state index in [2.05, 4.69) is 13.8 Å². The Labute approximate surface area is 220 Å². The van der Waals surface area contributed by atoms with Gasteiger partial charge in [0.15, 0.2) is 6.29 Å². The number of ether oxygens (including phenoxy) is 4. The van der Waals surface area contributed by atoms with E-state index in [0.29, 0.717) is 30.6 Å². The Balaban J connectivity index is 1.16. The molecule has 0 radical (unpaired) electrons. The molecule has 6 rings (SSSR count). The maximum absolute atomic E-state index is 14.4. The van der Waals surface area contributed by atoms with Crippen LogP contribution in [0.3, 0.4) is 0 Å². The van der Waals surface area contributed by atoms with Gasteiger partial charge in [0.1, 0.15) is 18.5 Å². The predicted molar refractivity (Wildman–Crippen MR) is 135 cm³/mol. The van der Waals surface area contributed by atoms with Crippen molar-refractivity contribution in [3.8, 4) is 0 Å². The highest BCUT2D eigenvalue weighted by atomic mass is 16.7. The molecule has 4 saturated carbocycles. The van der Waals surface area contributed by atoms with Crippen LogP contribution in [0.2, 0.25) is 0 Å². The van der Waals surface area contributed by atoms with Gasteiger partial charge in [0.05, 0.1) is 18.3 Å². The van der Waals surface area contributed by atoms with Crippen LogP contribution >= 0.6 is 0 Å². The first-order chi connectivity index (χ1) is 17.6. The van der Waals surface area contributed by atoms with Crippen molar-refractivity contribution >= 4 is 11.8 Å². The molecule has 2 bridgehead atoms. The molecule has 0 unspecified atom stereocenters. The van der Waals surface area contributed by atoms with Crippen molar-refractivity contribution in [2.75, 3.05) is 13.7 Å². The topological polar surface area (TPSA) is 91.3 Å². The predicted octanol–water partition coefficient (Wildman–Crippen LogP) is 4.35. The maximum Gasteiger partial charge on any atom is 0.331 e. The van der Waals surface area contributed by atoms with Crippen molar-refractivity contribution in [2.45, 2.75) is 116 Å². The zero-order valence-electron chi connectivity index (χ0n) is 22.9. The summed E-state index contributed by atoms with van der Waals surface area (Å²) in [7, 11) is 1.63. The van der Waals surface area contributed by atoms with Crippen LogP contribution in [0.1, 0.15) is 85.0 Å². The zero-order chi connectivity index (χ0) is 26.2. The third kappa shape index (κ3) is 3.89. The summed E-state index contributed by atoms with van der Waals surface area (Å²) in [5.74, 6) is 1.33. The number of ketones is 1. The number of aliphatic hydroxyl groups is 1. The molecule has 37 heavy (non-hydrogen) atoms. The van der Waals surface area contributed by atoms with Gasteiger partial charge in [0, 0.05) is 30.4 Å². The minimum absolute atomic E-state index is 0.139. The van der Waals surface area contributed by atoms with Gasteiger partial charge in [0.2, 0.25) is 0 Å². The van der Waals surface area contributed by atoms with Gasteiger partial charge < -0.3 is 24.1 Å². The molecule has 2 heterocycles. The van der Waals surface area contributed by atoms with Gasteiger partial charge >= 0.3 is 5.97 Å². The van der Waals surface area contributed by atoms with Crippen molar-refractivity contribution in [1.82, 2.24) is 0 Å². The average molecular weight is 517 g/mol. The summed E-state index contributed by atoms with van der Waals surface area (Å²) in [6.07, 6.45) is 9.85. The summed E-state index contributed by atoms with van der Waals surface area (Å²) in [5, 5.41) is 10.3. The fourth-order valence-electron chi connectivity index (χ4n) is 9.85. The minimum atomic E-state index is -0.628. The molecule has 0 aromatic carbocycles. The molecular formula is C30H44O7. The minimum Gasteiger partial charge on any atom is -0.458 e. The molecule has 1 N–H and O–H groups in total. The van der Waals surface area contributed by atoms with E-state index in [1.807, 2.05) is 6.92 Å². The molecule has 0 aromatic rings. The van der Waals surface area contributed by atoms with Crippen LogP contribution in [-0.4, -0.2) is 61.3 Å². The second-order valence-electron chi connectivity index (χ2n) is 13.5.